The normalized spacial score (nSPS) is 9.72. The molecule has 0 amide bonds. The Balaban J connectivity index is 1.95. The molecule has 0 aliphatic carbocycles. The average molecular weight is 241 g/mol. The van der Waals surface area contributed by atoms with E-state index in [1.165, 1.54) is 23.2 Å². The number of hydrogen-bond acceptors (Lipinski definition) is 4. The molecule has 0 saturated heterocycles. The molecule has 2 rings (SSSR count). The molecule has 0 N–H and O–H groups in total. The van der Waals surface area contributed by atoms with Gasteiger partial charge >= 0.3 is 0 Å². The van der Waals surface area contributed by atoms with E-state index in [2.05, 4.69) is 4.98 Å². The molecule has 0 atom stereocenters. The van der Waals surface area contributed by atoms with Gasteiger partial charge in [0.25, 0.3) is 5.56 Å². The lowest BCUT2D eigenvalue weighted by Crippen LogP contribution is -2.22. The zero-order valence-electron chi connectivity index (χ0n) is 9.61. The van der Waals surface area contributed by atoms with Crippen LogP contribution in [0, 0.1) is 11.3 Å². The predicted molar refractivity (Wildman–Crippen MR) is 65.1 cm³/mol. The van der Waals surface area contributed by atoms with Gasteiger partial charge in [-0.1, -0.05) is 6.07 Å². The maximum atomic E-state index is 11.4. The highest BCUT2D eigenvalue weighted by Crippen LogP contribution is 2.12. The van der Waals surface area contributed by atoms with Crippen molar-refractivity contribution >= 4 is 0 Å². The van der Waals surface area contributed by atoms with Crippen molar-refractivity contribution in [3.8, 4) is 11.8 Å². The summed E-state index contributed by atoms with van der Waals surface area (Å²) < 4.78 is 6.94. The second-order valence-electron chi connectivity index (χ2n) is 3.60. The molecule has 90 valence electrons. The molecular weight excluding hydrogens is 230 g/mol. The summed E-state index contributed by atoms with van der Waals surface area (Å²) in [6.45, 7) is 0.768. The van der Waals surface area contributed by atoms with Crippen LogP contribution in [0.1, 0.15) is 5.56 Å². The fraction of sp³-hybridized carbons (Fsp3) is 0.154. The van der Waals surface area contributed by atoms with E-state index in [-0.39, 0.29) is 5.56 Å². The molecule has 0 aliphatic rings. The molecule has 0 unspecified atom stereocenters. The molecule has 0 spiro atoms. The second-order valence-corrected chi connectivity index (χ2v) is 3.60. The first-order chi connectivity index (χ1) is 8.79. The standard InChI is InChI=1S/C13H11N3O2/c14-9-11-2-1-3-12(8-11)18-7-6-16-10-15-5-4-13(16)17/h1-5,8,10H,6-7H2. The third-order valence-electron chi connectivity index (χ3n) is 2.36. The first-order valence-corrected chi connectivity index (χ1v) is 5.43. The lowest BCUT2D eigenvalue weighted by atomic mass is 10.2. The lowest BCUT2D eigenvalue weighted by molar-refractivity contribution is 0.295. The zero-order valence-corrected chi connectivity index (χ0v) is 9.61. The molecule has 0 fully saturated rings. The van der Waals surface area contributed by atoms with E-state index in [0.717, 1.165) is 0 Å². The number of benzene rings is 1. The summed E-state index contributed by atoms with van der Waals surface area (Å²) in [5.74, 6) is 0.617. The fourth-order valence-electron chi connectivity index (χ4n) is 1.46. The highest BCUT2D eigenvalue weighted by atomic mass is 16.5. The van der Waals surface area contributed by atoms with Crippen LogP contribution in [0.2, 0.25) is 0 Å². The third-order valence-corrected chi connectivity index (χ3v) is 2.36. The monoisotopic (exact) mass is 241 g/mol. The van der Waals surface area contributed by atoms with Crippen molar-refractivity contribution in [3.63, 3.8) is 0 Å². The Kier molecular flexibility index (Phi) is 3.72. The first-order valence-electron chi connectivity index (χ1n) is 5.43. The van der Waals surface area contributed by atoms with Crippen LogP contribution in [0.15, 0.2) is 47.7 Å². The van der Waals surface area contributed by atoms with Gasteiger partial charge in [-0.05, 0) is 18.2 Å². The van der Waals surface area contributed by atoms with Gasteiger partial charge in [0.1, 0.15) is 12.4 Å². The van der Waals surface area contributed by atoms with E-state index in [1.807, 2.05) is 6.07 Å². The van der Waals surface area contributed by atoms with Gasteiger partial charge in [-0.25, -0.2) is 4.98 Å². The molecule has 0 bridgehead atoms. The Morgan fingerprint density at radius 3 is 3.06 bits per heavy atom. The van der Waals surface area contributed by atoms with Crippen LogP contribution in [-0.2, 0) is 6.54 Å². The fourth-order valence-corrected chi connectivity index (χ4v) is 1.46. The second kappa shape index (κ2) is 5.64. The van der Waals surface area contributed by atoms with Crippen molar-refractivity contribution in [1.29, 1.82) is 5.26 Å². The SMILES string of the molecule is N#Cc1cccc(OCCn2cnccc2=O)c1. The van der Waals surface area contributed by atoms with Crippen molar-refractivity contribution < 1.29 is 4.74 Å². The number of hydrogen-bond donors (Lipinski definition) is 0. The van der Waals surface area contributed by atoms with Gasteiger partial charge in [0.15, 0.2) is 0 Å². The van der Waals surface area contributed by atoms with Crippen LogP contribution in [0.4, 0.5) is 0 Å². The van der Waals surface area contributed by atoms with E-state index in [1.54, 1.807) is 24.3 Å². The van der Waals surface area contributed by atoms with Gasteiger partial charge < -0.3 is 4.74 Å². The van der Waals surface area contributed by atoms with Crippen LogP contribution in [0.5, 0.6) is 5.75 Å². The summed E-state index contributed by atoms with van der Waals surface area (Å²) in [7, 11) is 0. The summed E-state index contributed by atoms with van der Waals surface area (Å²) in [6, 6.07) is 10.3. The van der Waals surface area contributed by atoms with E-state index >= 15 is 0 Å². The molecule has 2 aromatic rings. The minimum atomic E-state index is -0.112. The molecule has 0 aliphatic heterocycles. The van der Waals surface area contributed by atoms with Gasteiger partial charge in [0, 0.05) is 12.3 Å². The molecule has 1 aromatic heterocycles. The topological polar surface area (TPSA) is 67.9 Å². The Labute approximate surface area is 104 Å². The van der Waals surface area contributed by atoms with Crippen molar-refractivity contribution in [3.05, 3.63) is 58.8 Å². The third kappa shape index (κ3) is 2.95. The summed E-state index contributed by atoms with van der Waals surface area (Å²) in [6.07, 6.45) is 2.92. The van der Waals surface area contributed by atoms with Crippen LogP contribution >= 0.6 is 0 Å². The minimum Gasteiger partial charge on any atom is -0.492 e. The van der Waals surface area contributed by atoms with E-state index < -0.39 is 0 Å². The molecule has 5 nitrogen and oxygen atoms in total. The van der Waals surface area contributed by atoms with Crippen molar-refractivity contribution in [1.82, 2.24) is 9.55 Å². The Morgan fingerprint density at radius 2 is 2.28 bits per heavy atom. The first kappa shape index (κ1) is 11.9. The van der Waals surface area contributed by atoms with Crippen LogP contribution < -0.4 is 10.3 Å². The number of aromatic nitrogens is 2. The van der Waals surface area contributed by atoms with Crippen LogP contribution in [0.25, 0.3) is 0 Å². The van der Waals surface area contributed by atoms with Gasteiger partial charge in [0.2, 0.25) is 0 Å². The van der Waals surface area contributed by atoms with Crippen LogP contribution in [0.3, 0.4) is 0 Å². The Hall–Kier alpha value is -2.61. The molecule has 18 heavy (non-hydrogen) atoms. The largest absolute Gasteiger partial charge is 0.492 e. The number of ether oxygens (including phenoxy) is 1. The summed E-state index contributed by atoms with van der Waals surface area (Å²) in [5.41, 5.74) is 0.436. The summed E-state index contributed by atoms with van der Waals surface area (Å²) in [5, 5.41) is 8.74. The highest BCUT2D eigenvalue weighted by Gasteiger charge is 1.98. The van der Waals surface area contributed by atoms with E-state index in [4.69, 9.17) is 10.00 Å². The van der Waals surface area contributed by atoms with Crippen LogP contribution in [-0.4, -0.2) is 16.2 Å². The molecule has 0 saturated carbocycles. The van der Waals surface area contributed by atoms with Gasteiger partial charge in [-0.2, -0.15) is 5.26 Å². The van der Waals surface area contributed by atoms with Crippen molar-refractivity contribution in [2.45, 2.75) is 6.54 Å². The number of nitriles is 1. The summed E-state index contributed by atoms with van der Waals surface area (Å²) in [4.78, 5) is 15.2. The molecule has 0 radical (unpaired) electrons. The Morgan fingerprint density at radius 1 is 1.39 bits per heavy atom. The smallest absolute Gasteiger partial charge is 0.253 e. The van der Waals surface area contributed by atoms with Gasteiger partial charge in [0.05, 0.1) is 24.5 Å². The maximum absolute atomic E-state index is 11.4. The van der Waals surface area contributed by atoms with E-state index in [0.29, 0.717) is 24.5 Å². The highest BCUT2D eigenvalue weighted by molar-refractivity contribution is 5.36. The minimum absolute atomic E-state index is 0.112. The zero-order chi connectivity index (χ0) is 12.8. The van der Waals surface area contributed by atoms with Gasteiger partial charge in [-0.3, -0.25) is 9.36 Å². The number of nitrogens with zero attached hydrogens (tertiary/aromatic N) is 3. The van der Waals surface area contributed by atoms with Gasteiger partial charge in [-0.15, -0.1) is 0 Å². The quantitative estimate of drug-likeness (QED) is 0.806. The van der Waals surface area contributed by atoms with Crippen molar-refractivity contribution in [2.24, 2.45) is 0 Å². The van der Waals surface area contributed by atoms with E-state index in [9.17, 15) is 4.79 Å². The molecular formula is C13H11N3O2. The number of rotatable bonds is 4. The molecule has 1 aromatic carbocycles. The molecule has 5 heteroatoms. The average Bonchev–Trinajstić information content (AvgIpc) is 2.41. The predicted octanol–water partition coefficient (Wildman–Crippen LogP) is 1.19. The summed E-state index contributed by atoms with van der Waals surface area (Å²) >= 11 is 0. The van der Waals surface area contributed by atoms with Crippen molar-refractivity contribution in [2.75, 3.05) is 6.61 Å². The lowest BCUT2D eigenvalue weighted by Gasteiger charge is -2.07. The molecule has 1 heterocycles. The maximum Gasteiger partial charge on any atom is 0.253 e. The Bertz CT molecular complexity index is 628.